The van der Waals surface area contributed by atoms with Gasteiger partial charge in [-0.2, -0.15) is 0 Å². The highest BCUT2D eigenvalue weighted by Crippen LogP contribution is 2.09. The molecule has 0 bridgehead atoms. The third-order valence-electron chi connectivity index (χ3n) is 4.00. The largest absolute Gasteiger partial charge is 0.0961 e. The molecule has 0 amide bonds. The summed E-state index contributed by atoms with van der Waals surface area (Å²) in [4.78, 5) is 0. The highest BCUT2D eigenvalue weighted by Gasteiger charge is 1.94. The molecule has 0 saturated carbocycles. The summed E-state index contributed by atoms with van der Waals surface area (Å²) in [5.74, 6) is 0. The molecular weight excluding hydrogens is 372 g/mol. The summed E-state index contributed by atoms with van der Waals surface area (Å²) in [7, 11) is 0. The van der Waals surface area contributed by atoms with Gasteiger partial charge < -0.3 is 0 Å². The molecule has 0 aliphatic heterocycles. The van der Waals surface area contributed by atoms with Crippen LogP contribution in [0.25, 0.3) is 0 Å². The lowest BCUT2D eigenvalue weighted by molar-refractivity contribution is 1.19. The minimum absolute atomic E-state index is 1.03. The number of hydrogen-bond acceptors (Lipinski definition) is 0. The van der Waals surface area contributed by atoms with Crippen molar-refractivity contribution in [3.8, 4) is 0 Å². The SMILES string of the molecule is C=C(C)/C=C\C=C/C.CC.Cc1ccc(Cc2ccccc2)cc1.Cc1ccccc1. The molecule has 0 N–H and O–H groups in total. The highest BCUT2D eigenvalue weighted by molar-refractivity contribution is 5.28. The molecule has 164 valence electrons. The zero-order valence-electron chi connectivity index (χ0n) is 20.3. The van der Waals surface area contributed by atoms with Crippen LogP contribution in [0.1, 0.15) is 49.9 Å². The number of aryl methyl sites for hydroxylation is 2. The Kier molecular flexibility index (Phi) is 17.0. The molecule has 3 aromatic rings. The van der Waals surface area contributed by atoms with E-state index in [4.69, 9.17) is 0 Å². The Labute approximate surface area is 191 Å². The van der Waals surface area contributed by atoms with Crippen molar-refractivity contribution in [3.63, 3.8) is 0 Å². The van der Waals surface area contributed by atoms with E-state index in [-0.39, 0.29) is 0 Å². The first-order valence-corrected chi connectivity index (χ1v) is 11.1. The second-order valence-electron chi connectivity index (χ2n) is 7.03. The lowest BCUT2D eigenvalue weighted by Crippen LogP contribution is -1.86. The van der Waals surface area contributed by atoms with E-state index in [0.29, 0.717) is 0 Å². The minimum Gasteiger partial charge on any atom is -0.0961 e. The maximum Gasteiger partial charge on any atom is -0.00258 e. The molecule has 0 heterocycles. The number of benzene rings is 3. The maximum atomic E-state index is 3.71. The topological polar surface area (TPSA) is 0 Å². The van der Waals surface area contributed by atoms with Gasteiger partial charge in [0.05, 0.1) is 0 Å². The molecule has 0 aliphatic carbocycles. The fraction of sp³-hybridized carbons (Fsp3) is 0.226. The molecule has 0 saturated heterocycles. The molecule has 0 unspecified atom stereocenters. The van der Waals surface area contributed by atoms with Crippen molar-refractivity contribution in [1.82, 2.24) is 0 Å². The van der Waals surface area contributed by atoms with E-state index in [1.807, 2.05) is 70.2 Å². The van der Waals surface area contributed by atoms with Crippen LogP contribution in [0.2, 0.25) is 0 Å². The molecule has 0 radical (unpaired) electrons. The van der Waals surface area contributed by atoms with Crippen molar-refractivity contribution >= 4 is 0 Å². The van der Waals surface area contributed by atoms with Crippen LogP contribution in [0.4, 0.5) is 0 Å². The fourth-order valence-corrected chi connectivity index (χ4v) is 2.40. The molecule has 3 aromatic carbocycles. The summed E-state index contributed by atoms with van der Waals surface area (Å²) in [5.41, 5.74) is 6.48. The molecule has 0 fully saturated rings. The molecule has 0 aromatic heterocycles. The van der Waals surface area contributed by atoms with Crippen molar-refractivity contribution < 1.29 is 0 Å². The van der Waals surface area contributed by atoms with Crippen molar-refractivity contribution in [1.29, 1.82) is 0 Å². The van der Waals surface area contributed by atoms with Crippen LogP contribution in [-0.4, -0.2) is 0 Å². The van der Waals surface area contributed by atoms with Gasteiger partial charge in [-0.15, -0.1) is 0 Å². The summed E-state index contributed by atoms with van der Waals surface area (Å²) < 4.78 is 0. The second kappa shape index (κ2) is 18.9. The molecule has 3 rings (SSSR count). The first-order chi connectivity index (χ1) is 15.0. The predicted octanol–water partition coefficient (Wildman–Crippen LogP) is 9.30. The normalized spacial score (nSPS) is 9.61. The Morgan fingerprint density at radius 3 is 1.55 bits per heavy atom. The van der Waals surface area contributed by atoms with E-state index in [9.17, 15) is 0 Å². The lowest BCUT2D eigenvalue weighted by Gasteiger charge is -2.01. The Bertz CT molecular complexity index is 851. The van der Waals surface area contributed by atoms with Crippen LogP contribution in [0.15, 0.2) is 121 Å². The fourth-order valence-electron chi connectivity index (χ4n) is 2.40. The Balaban J connectivity index is 0.000000454. The maximum absolute atomic E-state index is 3.71. The summed E-state index contributed by atoms with van der Waals surface area (Å²) >= 11 is 0. The Morgan fingerprint density at radius 1 is 0.677 bits per heavy atom. The zero-order chi connectivity index (χ0) is 23.3. The molecular formula is C31H40. The van der Waals surface area contributed by atoms with Gasteiger partial charge in [0, 0.05) is 0 Å². The summed E-state index contributed by atoms with van der Waals surface area (Å²) in [6, 6.07) is 29.5. The van der Waals surface area contributed by atoms with Crippen molar-refractivity contribution in [2.24, 2.45) is 0 Å². The van der Waals surface area contributed by atoms with E-state index in [0.717, 1.165) is 12.0 Å². The van der Waals surface area contributed by atoms with Gasteiger partial charge in [0.1, 0.15) is 0 Å². The summed E-state index contributed by atoms with van der Waals surface area (Å²) in [6.07, 6.45) is 8.94. The minimum atomic E-state index is 1.03. The standard InChI is InChI=1S/C14H14.C8H12.C7H8.C2H6/c1-12-7-9-14(10-8-12)11-13-5-3-2-4-6-13;1-4-5-6-7-8(2)3;1-7-5-3-2-4-6-7;1-2/h2-10H,11H2,1H3;4-7H,2H2,1,3H3;2-6H,1H3;1-2H3/b;5-4-,7-6-;;. The molecule has 0 aliphatic rings. The first kappa shape index (κ1) is 27.9. The lowest BCUT2D eigenvalue weighted by atomic mass is 10.0. The number of rotatable bonds is 4. The van der Waals surface area contributed by atoms with Gasteiger partial charge in [-0.25, -0.2) is 0 Å². The van der Waals surface area contributed by atoms with Gasteiger partial charge in [-0.1, -0.05) is 146 Å². The quantitative estimate of drug-likeness (QED) is 0.374. The van der Waals surface area contributed by atoms with Crippen LogP contribution in [0.3, 0.4) is 0 Å². The number of allylic oxidation sites excluding steroid dienone is 5. The van der Waals surface area contributed by atoms with Crippen molar-refractivity contribution in [2.75, 3.05) is 0 Å². The van der Waals surface area contributed by atoms with E-state index in [1.165, 1.54) is 22.3 Å². The van der Waals surface area contributed by atoms with E-state index in [1.54, 1.807) is 0 Å². The molecule has 0 heteroatoms. The third kappa shape index (κ3) is 16.4. The third-order valence-corrected chi connectivity index (χ3v) is 4.00. The first-order valence-electron chi connectivity index (χ1n) is 11.1. The highest BCUT2D eigenvalue weighted by atomic mass is 14.0. The second-order valence-corrected chi connectivity index (χ2v) is 7.03. The van der Waals surface area contributed by atoms with E-state index >= 15 is 0 Å². The zero-order valence-corrected chi connectivity index (χ0v) is 20.3. The van der Waals surface area contributed by atoms with E-state index in [2.05, 4.69) is 87.2 Å². The van der Waals surface area contributed by atoms with Crippen LogP contribution in [-0.2, 0) is 6.42 Å². The Morgan fingerprint density at radius 2 is 1.13 bits per heavy atom. The van der Waals surface area contributed by atoms with Gasteiger partial charge in [0.15, 0.2) is 0 Å². The monoisotopic (exact) mass is 412 g/mol. The van der Waals surface area contributed by atoms with Crippen LogP contribution < -0.4 is 0 Å². The van der Waals surface area contributed by atoms with Crippen molar-refractivity contribution in [3.05, 3.63) is 144 Å². The van der Waals surface area contributed by atoms with Gasteiger partial charge >= 0.3 is 0 Å². The van der Waals surface area contributed by atoms with Gasteiger partial charge in [-0.3, -0.25) is 0 Å². The summed E-state index contributed by atoms with van der Waals surface area (Å²) in [5, 5.41) is 0. The smallest absolute Gasteiger partial charge is 0.00258 e. The Hall–Kier alpha value is -3.12. The van der Waals surface area contributed by atoms with Gasteiger partial charge in [0.2, 0.25) is 0 Å². The average molecular weight is 413 g/mol. The van der Waals surface area contributed by atoms with Crippen LogP contribution >= 0.6 is 0 Å². The molecule has 31 heavy (non-hydrogen) atoms. The molecule has 0 atom stereocenters. The molecule has 0 nitrogen and oxygen atoms in total. The summed E-state index contributed by atoms with van der Waals surface area (Å²) in [6.45, 7) is 15.9. The van der Waals surface area contributed by atoms with Gasteiger partial charge in [-0.05, 0) is 45.2 Å². The van der Waals surface area contributed by atoms with Crippen molar-refractivity contribution in [2.45, 2.75) is 48.0 Å². The number of hydrogen-bond donors (Lipinski definition) is 0. The van der Waals surface area contributed by atoms with E-state index < -0.39 is 0 Å². The van der Waals surface area contributed by atoms with Crippen LogP contribution in [0, 0.1) is 13.8 Å². The average Bonchev–Trinajstić information content (AvgIpc) is 2.79. The molecule has 0 spiro atoms. The predicted molar refractivity (Wildman–Crippen MR) is 142 cm³/mol. The van der Waals surface area contributed by atoms with Gasteiger partial charge in [0.25, 0.3) is 0 Å². The van der Waals surface area contributed by atoms with Crippen LogP contribution in [0.5, 0.6) is 0 Å².